The molecule has 19 heavy (non-hydrogen) atoms. The highest BCUT2D eigenvalue weighted by molar-refractivity contribution is 7.60. The maximum absolute atomic E-state index is 10.9. The SMILES string of the molecule is O=P(O)(O)c1cnc(NC2O[C@H](CO)[C@@H](O)[C@H]2O)[nH]1. The van der Waals surface area contributed by atoms with E-state index in [1.54, 1.807) is 0 Å². The second-order valence-electron chi connectivity index (χ2n) is 4.06. The van der Waals surface area contributed by atoms with E-state index in [1.165, 1.54) is 0 Å². The monoisotopic (exact) mass is 295 g/mol. The predicted molar refractivity (Wildman–Crippen MR) is 61.6 cm³/mol. The Kier molecular flexibility index (Phi) is 3.92. The van der Waals surface area contributed by atoms with Crippen LogP contribution in [0, 0.1) is 0 Å². The molecule has 0 spiro atoms. The minimum Gasteiger partial charge on any atom is -0.394 e. The predicted octanol–water partition coefficient (Wildman–Crippen LogP) is -2.94. The van der Waals surface area contributed by atoms with Crippen LogP contribution < -0.4 is 10.8 Å². The summed E-state index contributed by atoms with van der Waals surface area (Å²) in [5, 5.41) is 30.6. The third-order valence-electron chi connectivity index (χ3n) is 2.70. The molecule has 7 N–H and O–H groups in total. The number of aliphatic hydroxyl groups excluding tert-OH is 3. The number of hydrogen-bond acceptors (Lipinski definition) is 7. The van der Waals surface area contributed by atoms with Crippen molar-refractivity contribution in [3.63, 3.8) is 0 Å². The number of aromatic nitrogens is 2. The van der Waals surface area contributed by atoms with E-state index >= 15 is 0 Å². The fourth-order valence-corrected chi connectivity index (χ4v) is 2.15. The molecular formula is C8H14N3O7P. The molecule has 4 atom stereocenters. The zero-order chi connectivity index (χ0) is 14.2. The van der Waals surface area contributed by atoms with Gasteiger partial charge in [-0.2, -0.15) is 0 Å². The lowest BCUT2D eigenvalue weighted by Crippen LogP contribution is -2.36. The first-order chi connectivity index (χ1) is 8.82. The summed E-state index contributed by atoms with van der Waals surface area (Å²) in [7, 11) is -4.44. The van der Waals surface area contributed by atoms with Gasteiger partial charge in [0, 0.05) is 0 Å². The van der Waals surface area contributed by atoms with Gasteiger partial charge in [-0.15, -0.1) is 0 Å². The van der Waals surface area contributed by atoms with Gasteiger partial charge in [0.15, 0.2) is 6.23 Å². The third-order valence-corrected chi connectivity index (χ3v) is 3.55. The number of aromatic amines is 1. The van der Waals surface area contributed by atoms with Gasteiger partial charge < -0.3 is 40.1 Å². The second kappa shape index (κ2) is 5.17. The molecule has 1 saturated heterocycles. The van der Waals surface area contributed by atoms with Gasteiger partial charge in [0.25, 0.3) is 0 Å². The number of anilines is 1. The van der Waals surface area contributed by atoms with Crippen molar-refractivity contribution >= 4 is 19.0 Å². The number of imidazole rings is 1. The molecule has 10 nitrogen and oxygen atoms in total. The molecule has 1 aliphatic rings. The van der Waals surface area contributed by atoms with Gasteiger partial charge in [-0.1, -0.05) is 0 Å². The van der Waals surface area contributed by atoms with Crippen LogP contribution in [0.5, 0.6) is 0 Å². The van der Waals surface area contributed by atoms with Crippen LogP contribution in [0.3, 0.4) is 0 Å². The van der Waals surface area contributed by atoms with Crippen molar-refractivity contribution in [2.45, 2.75) is 24.5 Å². The number of ether oxygens (including phenoxy) is 1. The Balaban J connectivity index is 2.06. The first-order valence-corrected chi connectivity index (χ1v) is 6.94. The van der Waals surface area contributed by atoms with E-state index in [2.05, 4.69) is 15.3 Å². The molecule has 1 aromatic rings. The topological polar surface area (TPSA) is 168 Å². The van der Waals surface area contributed by atoms with Crippen molar-refractivity contribution in [1.29, 1.82) is 0 Å². The molecule has 1 fully saturated rings. The fourth-order valence-electron chi connectivity index (χ4n) is 1.69. The van der Waals surface area contributed by atoms with Gasteiger partial charge in [-0.05, 0) is 0 Å². The number of hydrogen-bond donors (Lipinski definition) is 7. The lowest BCUT2D eigenvalue weighted by Gasteiger charge is -2.15. The number of rotatable bonds is 4. The van der Waals surface area contributed by atoms with Crippen molar-refractivity contribution in [3.05, 3.63) is 6.20 Å². The summed E-state index contributed by atoms with van der Waals surface area (Å²) in [5.74, 6) is -0.0341. The van der Waals surface area contributed by atoms with E-state index in [9.17, 15) is 14.8 Å². The normalized spacial score (nSPS) is 31.6. The highest BCUT2D eigenvalue weighted by Crippen LogP contribution is 2.32. The summed E-state index contributed by atoms with van der Waals surface area (Å²) in [4.78, 5) is 23.8. The Labute approximate surface area is 107 Å². The van der Waals surface area contributed by atoms with E-state index in [0.29, 0.717) is 0 Å². The van der Waals surface area contributed by atoms with Crippen LogP contribution in [0.15, 0.2) is 6.20 Å². The van der Waals surface area contributed by atoms with Crippen LogP contribution >= 0.6 is 7.60 Å². The van der Waals surface area contributed by atoms with Gasteiger partial charge in [0.05, 0.1) is 12.8 Å². The first-order valence-electron chi connectivity index (χ1n) is 5.33. The second-order valence-corrected chi connectivity index (χ2v) is 5.63. The summed E-state index contributed by atoms with van der Waals surface area (Å²) in [6, 6.07) is 0. The molecule has 11 heteroatoms. The Bertz CT molecular complexity index is 488. The average molecular weight is 295 g/mol. The van der Waals surface area contributed by atoms with E-state index in [-0.39, 0.29) is 11.4 Å². The molecule has 0 bridgehead atoms. The maximum atomic E-state index is 10.9. The van der Waals surface area contributed by atoms with Crippen LogP contribution in [-0.2, 0) is 9.30 Å². The molecule has 0 aliphatic carbocycles. The highest BCUT2D eigenvalue weighted by atomic mass is 31.2. The zero-order valence-corrected chi connectivity index (χ0v) is 10.4. The van der Waals surface area contributed by atoms with E-state index in [0.717, 1.165) is 6.20 Å². The number of nitrogens with one attached hydrogen (secondary N) is 2. The molecule has 2 rings (SSSR count). The molecule has 2 heterocycles. The number of nitrogens with zero attached hydrogens (tertiary/aromatic N) is 1. The lowest BCUT2D eigenvalue weighted by molar-refractivity contribution is -0.0154. The molecular weight excluding hydrogens is 281 g/mol. The Hall–Kier alpha value is -1.00. The maximum Gasteiger partial charge on any atom is 0.373 e. The van der Waals surface area contributed by atoms with Crippen molar-refractivity contribution in [1.82, 2.24) is 9.97 Å². The van der Waals surface area contributed by atoms with Crippen molar-refractivity contribution in [2.75, 3.05) is 11.9 Å². The molecule has 0 saturated carbocycles. The molecule has 1 aliphatic heterocycles. The van der Waals surface area contributed by atoms with Gasteiger partial charge >= 0.3 is 7.60 Å². The van der Waals surface area contributed by atoms with Gasteiger partial charge in [-0.25, -0.2) is 4.98 Å². The lowest BCUT2D eigenvalue weighted by atomic mass is 10.1. The van der Waals surface area contributed by atoms with Crippen LogP contribution in [-0.4, -0.2) is 66.2 Å². The molecule has 0 radical (unpaired) electrons. The minimum atomic E-state index is -4.44. The highest BCUT2D eigenvalue weighted by Gasteiger charge is 2.42. The quantitative estimate of drug-likeness (QED) is 0.287. The molecule has 0 amide bonds. The molecule has 0 aromatic carbocycles. The van der Waals surface area contributed by atoms with E-state index in [1.807, 2.05) is 0 Å². The fraction of sp³-hybridized carbons (Fsp3) is 0.625. The average Bonchev–Trinajstić information content (AvgIpc) is 2.89. The Morgan fingerprint density at radius 2 is 2.11 bits per heavy atom. The van der Waals surface area contributed by atoms with Crippen molar-refractivity contribution < 1.29 is 34.4 Å². The first kappa shape index (κ1) is 14.4. The summed E-state index contributed by atoms with van der Waals surface area (Å²) >= 11 is 0. The van der Waals surface area contributed by atoms with Gasteiger partial charge in [0.1, 0.15) is 23.7 Å². The van der Waals surface area contributed by atoms with E-state index in [4.69, 9.17) is 19.6 Å². The van der Waals surface area contributed by atoms with Crippen LogP contribution in [0.1, 0.15) is 0 Å². The molecule has 1 aromatic heterocycles. The summed E-state index contributed by atoms with van der Waals surface area (Å²) in [6.07, 6.45) is -3.61. The minimum absolute atomic E-state index is 0.0341. The molecule has 1 unspecified atom stereocenters. The standard InChI is InChI=1S/C8H14N3O7P/c12-2-3-5(13)6(14)7(18-3)11-8-9-1-4(10-8)19(15,16)17/h1,3,5-7,12-14H,2H2,(H2,9,10,11)(H2,15,16,17)/t3-,5-,6-,7?/m1/s1. The summed E-state index contributed by atoms with van der Waals surface area (Å²) in [6.45, 7) is -0.470. The zero-order valence-electron chi connectivity index (χ0n) is 9.54. The van der Waals surface area contributed by atoms with Crippen molar-refractivity contribution in [3.8, 4) is 0 Å². The van der Waals surface area contributed by atoms with Gasteiger partial charge in [-0.3, -0.25) is 4.57 Å². The summed E-state index contributed by atoms with van der Waals surface area (Å²) in [5.41, 5.74) is -0.387. The van der Waals surface area contributed by atoms with Crippen LogP contribution in [0.25, 0.3) is 0 Å². The van der Waals surface area contributed by atoms with E-state index < -0.39 is 38.7 Å². The van der Waals surface area contributed by atoms with Crippen molar-refractivity contribution in [2.24, 2.45) is 0 Å². The smallest absolute Gasteiger partial charge is 0.373 e. The summed E-state index contributed by atoms with van der Waals surface area (Å²) < 4.78 is 16.1. The van der Waals surface area contributed by atoms with Gasteiger partial charge in [0.2, 0.25) is 5.95 Å². The Morgan fingerprint density at radius 3 is 2.58 bits per heavy atom. The van der Waals surface area contributed by atoms with Crippen LogP contribution in [0.4, 0.5) is 5.95 Å². The van der Waals surface area contributed by atoms with Crippen LogP contribution in [0.2, 0.25) is 0 Å². The Morgan fingerprint density at radius 1 is 1.42 bits per heavy atom. The number of aliphatic hydroxyl groups is 3. The largest absolute Gasteiger partial charge is 0.394 e. The molecule has 108 valence electrons. The third kappa shape index (κ3) is 2.95. The number of H-pyrrole nitrogens is 1.